The molecule has 1 aliphatic rings. The molecule has 170 valence electrons. The molecule has 0 saturated carbocycles. The number of pyridine rings is 2. The molecule has 0 amide bonds. The number of aromatic nitrogens is 2. The first-order chi connectivity index (χ1) is 15.4. The lowest BCUT2D eigenvalue weighted by atomic mass is 10.2. The van der Waals surface area contributed by atoms with Gasteiger partial charge in [0.2, 0.25) is 0 Å². The maximum absolute atomic E-state index is 5.84. The molecule has 0 aromatic carbocycles. The van der Waals surface area contributed by atoms with E-state index in [4.69, 9.17) is 19.2 Å². The molecule has 0 spiro atoms. The van der Waals surface area contributed by atoms with Crippen LogP contribution in [0.25, 0.3) is 11.4 Å². The number of ether oxygens (including phenoxy) is 3. The second-order valence-electron chi connectivity index (χ2n) is 7.65. The largest absolute Gasteiger partial charge is 0.379 e. The standard InChI is InChI=1S/C24H36N4O3/c1-3-10-25-12-16-30-17-13-28(14-18-31-20-19-29-15-5-1)21-22-7-6-9-24(27-22)23-8-2-4-11-26-23/h2,4,6-9,11,25H,1,3,5,10,12-21H2. The Morgan fingerprint density at radius 2 is 1.55 bits per heavy atom. The minimum absolute atomic E-state index is 0.638. The van der Waals surface area contributed by atoms with Crippen molar-refractivity contribution in [1.29, 1.82) is 0 Å². The van der Waals surface area contributed by atoms with E-state index < -0.39 is 0 Å². The van der Waals surface area contributed by atoms with Crippen LogP contribution >= 0.6 is 0 Å². The van der Waals surface area contributed by atoms with Crippen molar-refractivity contribution in [2.24, 2.45) is 0 Å². The summed E-state index contributed by atoms with van der Waals surface area (Å²) >= 11 is 0. The lowest BCUT2D eigenvalue weighted by molar-refractivity contribution is 0.0309. The summed E-state index contributed by atoms with van der Waals surface area (Å²) in [4.78, 5) is 11.6. The quantitative estimate of drug-likeness (QED) is 0.806. The van der Waals surface area contributed by atoms with Gasteiger partial charge in [0.05, 0.1) is 50.1 Å². The van der Waals surface area contributed by atoms with Crippen LogP contribution in [-0.2, 0) is 20.8 Å². The van der Waals surface area contributed by atoms with Crippen molar-refractivity contribution >= 4 is 0 Å². The lowest BCUT2D eigenvalue weighted by Gasteiger charge is -2.22. The highest BCUT2D eigenvalue weighted by molar-refractivity contribution is 5.53. The number of nitrogens with one attached hydrogen (secondary N) is 1. The van der Waals surface area contributed by atoms with Gasteiger partial charge < -0.3 is 19.5 Å². The first-order valence-corrected chi connectivity index (χ1v) is 11.5. The van der Waals surface area contributed by atoms with Crippen molar-refractivity contribution in [3.05, 3.63) is 48.3 Å². The summed E-state index contributed by atoms with van der Waals surface area (Å²) in [6.45, 7) is 8.58. The smallest absolute Gasteiger partial charge is 0.0890 e. The van der Waals surface area contributed by atoms with Crippen LogP contribution in [-0.4, -0.2) is 80.7 Å². The Morgan fingerprint density at radius 1 is 0.742 bits per heavy atom. The van der Waals surface area contributed by atoms with Crippen molar-refractivity contribution in [2.45, 2.75) is 25.8 Å². The third-order valence-electron chi connectivity index (χ3n) is 5.16. The van der Waals surface area contributed by atoms with Gasteiger partial charge in [0.25, 0.3) is 0 Å². The van der Waals surface area contributed by atoms with Gasteiger partial charge in [-0.3, -0.25) is 9.88 Å². The number of nitrogens with zero attached hydrogens (tertiary/aromatic N) is 3. The summed E-state index contributed by atoms with van der Waals surface area (Å²) in [7, 11) is 0. The van der Waals surface area contributed by atoms with E-state index in [2.05, 4.69) is 21.3 Å². The zero-order valence-electron chi connectivity index (χ0n) is 18.5. The van der Waals surface area contributed by atoms with Crippen molar-refractivity contribution in [1.82, 2.24) is 20.2 Å². The Kier molecular flexibility index (Phi) is 11.5. The minimum Gasteiger partial charge on any atom is -0.379 e. The predicted molar refractivity (Wildman–Crippen MR) is 122 cm³/mol. The molecule has 0 unspecified atom stereocenters. The second kappa shape index (κ2) is 15.0. The molecule has 3 rings (SSSR count). The molecule has 1 N–H and O–H groups in total. The normalized spacial score (nSPS) is 19.4. The summed E-state index contributed by atoms with van der Waals surface area (Å²) in [5.74, 6) is 0. The van der Waals surface area contributed by atoms with Crippen LogP contribution in [0.5, 0.6) is 0 Å². The van der Waals surface area contributed by atoms with E-state index in [0.29, 0.717) is 26.4 Å². The van der Waals surface area contributed by atoms with Gasteiger partial charge in [-0.15, -0.1) is 0 Å². The van der Waals surface area contributed by atoms with Gasteiger partial charge >= 0.3 is 0 Å². The third-order valence-corrected chi connectivity index (χ3v) is 5.16. The van der Waals surface area contributed by atoms with Gasteiger partial charge in [0, 0.05) is 39.0 Å². The van der Waals surface area contributed by atoms with Gasteiger partial charge in [-0.1, -0.05) is 12.1 Å². The Morgan fingerprint density at radius 3 is 2.39 bits per heavy atom. The topological polar surface area (TPSA) is 68.7 Å². The molecule has 0 atom stereocenters. The first kappa shape index (κ1) is 23.8. The molecule has 7 heteroatoms. The van der Waals surface area contributed by atoms with Crippen LogP contribution in [0.2, 0.25) is 0 Å². The number of hydrogen-bond acceptors (Lipinski definition) is 7. The maximum Gasteiger partial charge on any atom is 0.0890 e. The van der Waals surface area contributed by atoms with E-state index in [9.17, 15) is 0 Å². The third kappa shape index (κ3) is 9.84. The minimum atomic E-state index is 0.638. The van der Waals surface area contributed by atoms with Gasteiger partial charge in [-0.25, -0.2) is 4.98 Å². The fourth-order valence-electron chi connectivity index (χ4n) is 3.44. The molecule has 1 saturated heterocycles. The van der Waals surface area contributed by atoms with Crippen molar-refractivity contribution < 1.29 is 14.2 Å². The van der Waals surface area contributed by atoms with E-state index in [1.165, 1.54) is 12.8 Å². The van der Waals surface area contributed by atoms with Crippen molar-refractivity contribution in [3.8, 4) is 11.4 Å². The molecule has 2 aromatic heterocycles. The predicted octanol–water partition coefficient (Wildman–Crippen LogP) is 2.77. The molecule has 0 aliphatic carbocycles. The Hall–Kier alpha value is -1.90. The zero-order valence-corrected chi connectivity index (χ0v) is 18.5. The molecular weight excluding hydrogens is 392 g/mol. The molecule has 1 fully saturated rings. The molecule has 0 radical (unpaired) electrons. The van der Waals surface area contributed by atoms with Gasteiger partial charge in [-0.05, 0) is 50.1 Å². The lowest BCUT2D eigenvalue weighted by Crippen LogP contribution is -2.32. The van der Waals surface area contributed by atoms with Crippen LogP contribution in [0.1, 0.15) is 25.0 Å². The van der Waals surface area contributed by atoms with E-state index in [1.807, 2.05) is 30.3 Å². The summed E-state index contributed by atoms with van der Waals surface area (Å²) in [6, 6.07) is 12.0. The highest BCUT2D eigenvalue weighted by Crippen LogP contribution is 2.14. The maximum atomic E-state index is 5.84. The van der Waals surface area contributed by atoms with Crippen LogP contribution < -0.4 is 5.32 Å². The molecule has 2 aromatic rings. The number of rotatable bonds is 3. The van der Waals surface area contributed by atoms with Crippen LogP contribution in [0.4, 0.5) is 0 Å². The summed E-state index contributed by atoms with van der Waals surface area (Å²) < 4.78 is 17.3. The fourth-order valence-corrected chi connectivity index (χ4v) is 3.44. The molecule has 0 bridgehead atoms. The first-order valence-electron chi connectivity index (χ1n) is 11.5. The van der Waals surface area contributed by atoms with Gasteiger partial charge in [0.15, 0.2) is 0 Å². The second-order valence-corrected chi connectivity index (χ2v) is 7.65. The summed E-state index contributed by atoms with van der Waals surface area (Å²) in [5.41, 5.74) is 2.81. The van der Waals surface area contributed by atoms with E-state index >= 15 is 0 Å². The van der Waals surface area contributed by atoms with Crippen molar-refractivity contribution in [3.63, 3.8) is 0 Å². The van der Waals surface area contributed by atoms with Crippen molar-refractivity contribution in [2.75, 3.05) is 65.8 Å². The highest BCUT2D eigenvalue weighted by Gasteiger charge is 2.09. The Labute approximate surface area is 186 Å². The fraction of sp³-hybridized carbons (Fsp3) is 0.583. The van der Waals surface area contributed by atoms with Crippen LogP contribution in [0.3, 0.4) is 0 Å². The Bertz CT molecular complexity index is 699. The van der Waals surface area contributed by atoms with E-state index in [1.54, 1.807) is 6.20 Å². The van der Waals surface area contributed by atoms with Crippen LogP contribution in [0.15, 0.2) is 42.6 Å². The molecule has 1 aliphatic heterocycles. The zero-order chi connectivity index (χ0) is 21.4. The average molecular weight is 429 g/mol. The molecular formula is C24H36N4O3. The monoisotopic (exact) mass is 428 g/mol. The highest BCUT2D eigenvalue weighted by atomic mass is 16.5. The SMILES string of the molecule is c1ccc(-c2cccc(CN3CCOCCNCCCCCOCCOCC3)n2)nc1. The van der Waals surface area contributed by atoms with E-state index in [-0.39, 0.29) is 0 Å². The Balaban J connectivity index is 1.53. The molecule has 7 nitrogen and oxygen atoms in total. The molecule has 31 heavy (non-hydrogen) atoms. The van der Waals surface area contributed by atoms with Gasteiger partial charge in [0.1, 0.15) is 0 Å². The molecule has 3 heterocycles. The summed E-state index contributed by atoms with van der Waals surface area (Å²) in [5, 5.41) is 3.45. The van der Waals surface area contributed by atoms with Crippen LogP contribution in [0, 0.1) is 0 Å². The summed E-state index contributed by atoms with van der Waals surface area (Å²) in [6.07, 6.45) is 5.28. The number of hydrogen-bond donors (Lipinski definition) is 1. The average Bonchev–Trinajstić information content (AvgIpc) is 2.81. The van der Waals surface area contributed by atoms with E-state index in [0.717, 1.165) is 69.4 Å². The van der Waals surface area contributed by atoms with Gasteiger partial charge in [-0.2, -0.15) is 0 Å².